The van der Waals surface area contributed by atoms with E-state index in [0.717, 1.165) is 27.3 Å². The van der Waals surface area contributed by atoms with Crippen LogP contribution in [-0.2, 0) is 32.2 Å². The predicted octanol–water partition coefficient (Wildman–Crippen LogP) is 6.42. The Morgan fingerprint density at radius 3 is 2.41 bits per heavy atom. The molecule has 218 valence electrons. The maximum atomic E-state index is 9.62. The van der Waals surface area contributed by atoms with Crippen molar-refractivity contribution in [2.24, 2.45) is 5.11 Å². The second-order valence-electron chi connectivity index (χ2n) is 9.79. The van der Waals surface area contributed by atoms with Crippen molar-refractivity contribution in [3.63, 3.8) is 0 Å². The Kier molecular flexibility index (Phi) is 11.9. The van der Waals surface area contributed by atoms with Crippen LogP contribution < -0.4 is 4.74 Å². The number of aliphatic hydroxyl groups excluding tert-OH is 1. The van der Waals surface area contributed by atoms with Crippen molar-refractivity contribution in [1.29, 1.82) is 0 Å². The van der Waals surface area contributed by atoms with E-state index in [1.165, 1.54) is 11.8 Å². The number of aliphatic hydroxyl groups is 1. The van der Waals surface area contributed by atoms with Gasteiger partial charge in [-0.25, -0.2) is 0 Å². The molecule has 1 fully saturated rings. The summed E-state index contributed by atoms with van der Waals surface area (Å²) in [7, 11) is 1.63. The third-order valence-electron chi connectivity index (χ3n) is 6.65. The number of aryl methyl sites for hydroxylation is 1. The van der Waals surface area contributed by atoms with Gasteiger partial charge in [0.1, 0.15) is 18.0 Å². The topological polar surface area (TPSA) is 115 Å². The fourth-order valence-electron chi connectivity index (χ4n) is 4.54. The maximum absolute atomic E-state index is 9.62. The highest BCUT2D eigenvalue weighted by atomic mass is 32.2. The van der Waals surface area contributed by atoms with Crippen LogP contribution in [0.15, 0.2) is 88.9 Å². The summed E-state index contributed by atoms with van der Waals surface area (Å²) in [6, 6.07) is 25.5. The van der Waals surface area contributed by atoms with Crippen LogP contribution in [0, 0.1) is 6.92 Å². The number of azide groups is 1. The first kappa shape index (κ1) is 30.9. The lowest BCUT2D eigenvalue weighted by Crippen LogP contribution is -2.56. The van der Waals surface area contributed by atoms with E-state index in [0.29, 0.717) is 26.2 Å². The summed E-state index contributed by atoms with van der Waals surface area (Å²) in [5.41, 5.74) is 12.7. The maximum Gasteiger partial charge on any atom is 0.199 e. The normalized spacial score (nSPS) is 22.2. The number of methoxy groups -OCH3 is 1. The lowest BCUT2D eigenvalue weighted by molar-refractivity contribution is -0.225. The summed E-state index contributed by atoms with van der Waals surface area (Å²) in [4.78, 5) is 4.08. The Morgan fingerprint density at radius 2 is 1.73 bits per heavy atom. The highest BCUT2D eigenvalue weighted by Gasteiger charge is 2.49. The molecule has 1 heterocycles. The van der Waals surface area contributed by atoms with Crippen LogP contribution in [-0.4, -0.2) is 55.4 Å². The molecule has 1 aliphatic rings. The van der Waals surface area contributed by atoms with Crippen LogP contribution in [0.5, 0.6) is 5.75 Å². The molecule has 4 atom stereocenters. The highest BCUT2D eigenvalue weighted by Crippen LogP contribution is 2.45. The molecule has 1 N–H and O–H groups in total. The Morgan fingerprint density at radius 1 is 1.00 bits per heavy atom. The molecular weight excluding hydrogens is 542 g/mol. The van der Waals surface area contributed by atoms with Gasteiger partial charge in [0.25, 0.3) is 0 Å². The van der Waals surface area contributed by atoms with Crippen LogP contribution in [0.3, 0.4) is 0 Å². The number of ether oxygens (including phenoxy) is 5. The van der Waals surface area contributed by atoms with E-state index in [1.54, 1.807) is 7.11 Å². The first-order valence-electron chi connectivity index (χ1n) is 13.6. The van der Waals surface area contributed by atoms with Gasteiger partial charge < -0.3 is 28.8 Å². The molecule has 4 rings (SSSR count). The fourth-order valence-corrected chi connectivity index (χ4v) is 5.68. The monoisotopic (exact) mass is 579 g/mol. The van der Waals surface area contributed by atoms with Crippen LogP contribution in [0.1, 0.15) is 29.5 Å². The van der Waals surface area contributed by atoms with Crippen molar-refractivity contribution in [3.05, 3.63) is 106 Å². The summed E-state index contributed by atoms with van der Waals surface area (Å²) < 4.78 is 30.7. The smallest absolute Gasteiger partial charge is 0.199 e. The van der Waals surface area contributed by atoms with Crippen molar-refractivity contribution < 1.29 is 28.8 Å². The average Bonchev–Trinajstić information content (AvgIpc) is 2.99. The van der Waals surface area contributed by atoms with Crippen LogP contribution >= 0.6 is 11.8 Å². The van der Waals surface area contributed by atoms with Gasteiger partial charge in [0.2, 0.25) is 0 Å². The molecule has 0 aromatic heterocycles. The van der Waals surface area contributed by atoms with Gasteiger partial charge >= 0.3 is 0 Å². The minimum Gasteiger partial charge on any atom is -0.497 e. The van der Waals surface area contributed by atoms with E-state index in [1.807, 2.05) is 85.8 Å². The lowest BCUT2D eigenvalue weighted by Gasteiger charge is -2.45. The van der Waals surface area contributed by atoms with Gasteiger partial charge in [0.05, 0.1) is 33.0 Å². The van der Waals surface area contributed by atoms with Gasteiger partial charge in [0, 0.05) is 29.4 Å². The molecule has 0 bridgehead atoms. The quantitative estimate of drug-likeness (QED) is 0.0956. The van der Waals surface area contributed by atoms with E-state index in [4.69, 9.17) is 23.7 Å². The van der Waals surface area contributed by atoms with Gasteiger partial charge in [-0.1, -0.05) is 71.9 Å². The second-order valence-corrected chi connectivity index (χ2v) is 11.1. The number of nitrogens with zero attached hydrogens (tertiary/aromatic N) is 3. The summed E-state index contributed by atoms with van der Waals surface area (Å²) in [6.07, 6.45) is -0.852. The lowest BCUT2D eigenvalue weighted by atomic mass is 10.00. The third kappa shape index (κ3) is 9.21. The van der Waals surface area contributed by atoms with Gasteiger partial charge in [-0.3, -0.25) is 0 Å². The van der Waals surface area contributed by atoms with E-state index in [9.17, 15) is 10.6 Å². The molecule has 0 unspecified atom stereocenters. The molecule has 0 radical (unpaired) electrons. The Labute approximate surface area is 245 Å². The SMILES string of the molecule is COc1ccc(COC[C@H]2O[C@@](N=[N+]=[N-])(Sc3ccc(C)cc3)C[C@@H](OCc3ccccc3)[C@@H]2OCCCO)cc1. The molecular formula is C31H37N3O6S. The molecule has 0 amide bonds. The second kappa shape index (κ2) is 15.8. The van der Waals surface area contributed by atoms with Crippen molar-refractivity contribution in [2.75, 3.05) is 26.9 Å². The zero-order valence-corrected chi connectivity index (χ0v) is 24.2. The number of hydrogen-bond donors (Lipinski definition) is 1. The molecule has 1 aliphatic heterocycles. The van der Waals surface area contributed by atoms with E-state index in [2.05, 4.69) is 10.0 Å². The fraction of sp³-hybridized carbons (Fsp3) is 0.419. The first-order chi connectivity index (χ1) is 20.0. The minimum atomic E-state index is -1.28. The Balaban J connectivity index is 1.59. The number of thioether (sulfide) groups is 1. The van der Waals surface area contributed by atoms with Crippen molar-refractivity contribution >= 4 is 11.8 Å². The number of rotatable bonds is 15. The Hall–Kier alpha value is -3.08. The molecule has 0 aliphatic carbocycles. The molecule has 0 saturated carbocycles. The van der Waals surface area contributed by atoms with Gasteiger partial charge in [-0.15, -0.1) is 0 Å². The minimum absolute atomic E-state index is 0.00763. The van der Waals surface area contributed by atoms with Crippen LogP contribution in [0.4, 0.5) is 0 Å². The van der Waals surface area contributed by atoms with Crippen LogP contribution in [0.25, 0.3) is 10.4 Å². The molecule has 41 heavy (non-hydrogen) atoms. The highest BCUT2D eigenvalue weighted by molar-refractivity contribution is 8.00. The molecule has 3 aromatic carbocycles. The Bertz CT molecular complexity index is 1240. The third-order valence-corrected chi connectivity index (χ3v) is 7.82. The molecule has 1 saturated heterocycles. The summed E-state index contributed by atoms with van der Waals surface area (Å²) >= 11 is 1.35. The van der Waals surface area contributed by atoms with Crippen LogP contribution in [0.2, 0.25) is 0 Å². The van der Waals surface area contributed by atoms with E-state index >= 15 is 0 Å². The summed E-state index contributed by atoms with van der Waals surface area (Å²) in [5, 5.41) is 12.3. The van der Waals surface area contributed by atoms with E-state index < -0.39 is 23.4 Å². The molecule has 0 spiro atoms. The summed E-state index contributed by atoms with van der Waals surface area (Å²) in [5.74, 6) is 0.771. The van der Waals surface area contributed by atoms with Gasteiger partial charge in [-0.05, 0) is 59.4 Å². The van der Waals surface area contributed by atoms with Crippen molar-refractivity contribution in [1.82, 2.24) is 0 Å². The summed E-state index contributed by atoms with van der Waals surface area (Å²) in [6.45, 7) is 3.23. The number of hydrogen-bond acceptors (Lipinski definition) is 8. The predicted molar refractivity (Wildman–Crippen MR) is 158 cm³/mol. The largest absolute Gasteiger partial charge is 0.497 e. The first-order valence-corrected chi connectivity index (χ1v) is 14.4. The average molecular weight is 580 g/mol. The zero-order chi connectivity index (χ0) is 28.9. The molecule has 3 aromatic rings. The van der Waals surface area contributed by atoms with E-state index in [-0.39, 0.29) is 19.6 Å². The molecule has 9 nitrogen and oxygen atoms in total. The molecule has 10 heteroatoms. The van der Waals surface area contributed by atoms with Gasteiger partial charge in [0.15, 0.2) is 5.06 Å². The standard InChI is InChI=1S/C31H37N3O6S/c1-23-9-15-27(16-10-23)41-31(33-34-32)19-28(39-21-24-7-4-3-5-8-24)30(38-18-6-17-35)29(40-31)22-37-20-25-11-13-26(36-2)14-12-25/h3-5,7-16,28-30,35H,6,17-22H2,1-2H3/t28-,29-,30+,31-/m1/s1. The van der Waals surface area contributed by atoms with Crippen molar-refractivity contribution in [3.8, 4) is 5.75 Å². The zero-order valence-electron chi connectivity index (χ0n) is 23.4. The van der Waals surface area contributed by atoms with Gasteiger partial charge in [-0.2, -0.15) is 0 Å². The number of benzene rings is 3. The van der Waals surface area contributed by atoms with Crippen molar-refractivity contribution in [2.45, 2.75) is 61.2 Å².